The van der Waals surface area contributed by atoms with Gasteiger partial charge in [-0.05, 0) is 54.4 Å². The Balaban J connectivity index is 1.55. The van der Waals surface area contributed by atoms with Gasteiger partial charge in [0.15, 0.2) is 11.5 Å². The molecule has 1 aliphatic heterocycles. The lowest BCUT2D eigenvalue weighted by atomic mass is 10.0. The van der Waals surface area contributed by atoms with Crippen molar-refractivity contribution in [3.05, 3.63) is 137 Å². The number of carbonyl (C=O) groups excluding carboxylic acids is 3. The van der Waals surface area contributed by atoms with Crippen LogP contribution in [0, 0.1) is 6.92 Å². The monoisotopic (exact) mass is 784 g/mol. The molecule has 52 heavy (non-hydrogen) atoms. The topological polar surface area (TPSA) is 162 Å². The first-order valence-corrected chi connectivity index (χ1v) is 20.4. The van der Waals surface area contributed by atoms with Gasteiger partial charge >= 0.3 is 16.1 Å². The molecule has 12 nitrogen and oxygen atoms in total. The maximum Gasteiger partial charge on any atom is 0.359 e. The molecule has 1 fully saturated rings. The standard InChI is InChI=1S/C36H33ClN2O10S3/c1-24-13-19-28(20-14-24)51(43,44)49-30(22-37)33(36(42)48-23-26-15-17-27(47-2)18-16-26)39-34(41)32(38-31(40)21-25-9-5-3-6-10-25)35(39)50-52(45,46)29-11-7-4-8-12-29/h3-20,32,35H,21-23H2,1-2H3,(H,38,40)/b33-30-/t32-,35-/m1/s1. The summed E-state index contributed by atoms with van der Waals surface area (Å²) in [7, 11) is -7.12. The zero-order valence-corrected chi connectivity index (χ0v) is 31.0. The molecule has 1 saturated heterocycles. The van der Waals surface area contributed by atoms with E-state index < -0.39 is 65.5 Å². The number of β-lactam (4-membered cyclic amide) rings is 1. The van der Waals surface area contributed by atoms with Crippen LogP contribution in [0.15, 0.2) is 130 Å². The second-order valence-electron chi connectivity index (χ2n) is 11.3. The fourth-order valence-corrected chi connectivity index (χ4v) is 9.71. The Kier molecular flexibility index (Phi) is 12.3. The number of aryl methyl sites for hydroxylation is 1. The van der Waals surface area contributed by atoms with E-state index in [1.165, 1.54) is 55.6 Å². The first-order valence-electron chi connectivity index (χ1n) is 15.6. The highest BCUT2D eigenvalue weighted by Crippen LogP contribution is 2.41. The fraction of sp³-hybridized carbons (Fsp3) is 0.194. The zero-order valence-electron chi connectivity index (χ0n) is 27.8. The van der Waals surface area contributed by atoms with E-state index in [1.807, 2.05) is 0 Å². The molecule has 2 atom stereocenters. The van der Waals surface area contributed by atoms with E-state index >= 15 is 0 Å². The van der Waals surface area contributed by atoms with Crippen molar-refractivity contribution in [3.8, 4) is 5.75 Å². The fourth-order valence-electron chi connectivity index (χ4n) is 5.01. The molecule has 0 radical (unpaired) electrons. The average Bonchev–Trinajstić information content (AvgIpc) is 3.14. The second kappa shape index (κ2) is 16.7. The quantitative estimate of drug-likeness (QED) is 0.0331. The number of nitrogens with zero attached hydrogens (tertiary/aromatic N) is 1. The summed E-state index contributed by atoms with van der Waals surface area (Å²) in [4.78, 5) is 41.4. The number of likely N-dealkylation sites (tertiary alicyclic amines) is 1. The number of hydrogen-bond acceptors (Lipinski definition) is 11. The van der Waals surface area contributed by atoms with Crippen molar-refractivity contribution in [1.29, 1.82) is 0 Å². The van der Waals surface area contributed by atoms with E-state index in [-0.39, 0.29) is 33.6 Å². The number of carbonyl (C=O) groups is 3. The van der Waals surface area contributed by atoms with Crippen LogP contribution in [0.1, 0.15) is 16.7 Å². The van der Waals surface area contributed by atoms with Gasteiger partial charge in [0.2, 0.25) is 14.8 Å². The molecule has 0 spiro atoms. The van der Waals surface area contributed by atoms with E-state index in [9.17, 15) is 31.2 Å². The molecule has 4 aromatic carbocycles. The van der Waals surface area contributed by atoms with E-state index in [4.69, 9.17) is 25.3 Å². The smallest absolute Gasteiger partial charge is 0.359 e. The molecule has 0 aliphatic carbocycles. The van der Waals surface area contributed by atoms with Crippen LogP contribution < -0.4 is 10.1 Å². The van der Waals surface area contributed by atoms with Crippen molar-refractivity contribution in [2.45, 2.75) is 41.2 Å². The van der Waals surface area contributed by atoms with Crippen molar-refractivity contribution < 1.29 is 44.9 Å². The van der Waals surface area contributed by atoms with Crippen molar-refractivity contribution >= 4 is 59.2 Å². The third-order valence-electron chi connectivity index (χ3n) is 7.69. The molecule has 1 N–H and O–H groups in total. The number of nitrogens with one attached hydrogen (secondary N) is 1. The number of methoxy groups -OCH3 is 1. The van der Waals surface area contributed by atoms with Gasteiger partial charge in [-0.15, -0.1) is 11.6 Å². The number of alkyl halides is 1. The molecule has 5 rings (SSSR count). The Morgan fingerprint density at radius 3 is 2.04 bits per heavy atom. The maximum atomic E-state index is 14.0. The Hall–Kier alpha value is -4.83. The number of ether oxygens (including phenoxy) is 2. The molecule has 2 amide bonds. The van der Waals surface area contributed by atoms with Crippen LogP contribution >= 0.6 is 22.4 Å². The van der Waals surface area contributed by atoms with Crippen molar-refractivity contribution in [1.82, 2.24) is 10.2 Å². The predicted octanol–water partition coefficient (Wildman–Crippen LogP) is 4.92. The van der Waals surface area contributed by atoms with Crippen LogP contribution in [0.5, 0.6) is 5.75 Å². The summed E-state index contributed by atoms with van der Waals surface area (Å²) < 4.78 is 70.3. The SMILES string of the molecule is COc1ccc(COC(=O)/C(=C(\CCl)OS(=O)(=O)c2ccc(C)cc2)N2C(=O)[C@@H](NC(=O)Cc3ccccc3)[C@H]2SS(=O)(=O)c2ccccc2)cc1. The minimum absolute atomic E-state index is 0.114. The zero-order chi connectivity index (χ0) is 37.5. The number of benzene rings is 4. The second-order valence-corrected chi connectivity index (χ2v) is 17.1. The van der Waals surface area contributed by atoms with Gasteiger partial charge in [-0.25, -0.2) is 13.2 Å². The molecule has 16 heteroatoms. The summed E-state index contributed by atoms with van der Waals surface area (Å²) >= 11 is 6.23. The van der Waals surface area contributed by atoms with Gasteiger partial charge in [-0.2, -0.15) is 8.42 Å². The third-order valence-corrected chi connectivity index (χ3v) is 12.9. The Morgan fingerprint density at radius 1 is 0.827 bits per heavy atom. The molecule has 1 aliphatic rings. The van der Waals surface area contributed by atoms with Gasteiger partial charge in [-0.3, -0.25) is 14.5 Å². The largest absolute Gasteiger partial charge is 0.497 e. The summed E-state index contributed by atoms with van der Waals surface area (Å²) in [5.41, 5.74) is 1.15. The maximum absolute atomic E-state index is 14.0. The third kappa shape index (κ3) is 9.14. The molecule has 0 bridgehead atoms. The van der Waals surface area contributed by atoms with Crippen molar-refractivity contribution in [2.75, 3.05) is 13.0 Å². The highest BCUT2D eigenvalue weighted by atomic mass is 35.5. The van der Waals surface area contributed by atoms with E-state index in [2.05, 4.69) is 5.32 Å². The summed E-state index contributed by atoms with van der Waals surface area (Å²) in [6.07, 6.45) is -0.134. The lowest BCUT2D eigenvalue weighted by Gasteiger charge is -2.46. The number of amides is 2. The van der Waals surface area contributed by atoms with Gasteiger partial charge in [-0.1, -0.05) is 78.4 Å². The summed E-state index contributed by atoms with van der Waals surface area (Å²) in [6.45, 7) is 1.41. The van der Waals surface area contributed by atoms with Gasteiger partial charge in [0.05, 0.1) is 24.3 Å². The van der Waals surface area contributed by atoms with Gasteiger partial charge in [0.25, 0.3) is 5.91 Å². The molecule has 1 heterocycles. The molecule has 0 aromatic heterocycles. The number of esters is 1. The van der Waals surface area contributed by atoms with Crippen LogP contribution in [0.2, 0.25) is 0 Å². The Morgan fingerprint density at radius 2 is 1.44 bits per heavy atom. The van der Waals surface area contributed by atoms with Crippen LogP contribution in [-0.2, 0) is 55.3 Å². The highest BCUT2D eigenvalue weighted by molar-refractivity contribution is 8.72. The van der Waals surface area contributed by atoms with Gasteiger partial charge in [0.1, 0.15) is 28.7 Å². The van der Waals surface area contributed by atoms with E-state index in [0.29, 0.717) is 16.9 Å². The normalized spacial score (nSPS) is 16.3. The first kappa shape index (κ1) is 38.4. The molecule has 272 valence electrons. The van der Waals surface area contributed by atoms with E-state index in [1.54, 1.807) is 67.6 Å². The number of hydrogen-bond donors (Lipinski definition) is 1. The van der Waals surface area contributed by atoms with Crippen molar-refractivity contribution in [3.63, 3.8) is 0 Å². The van der Waals surface area contributed by atoms with E-state index in [0.717, 1.165) is 10.5 Å². The number of rotatable bonds is 15. The molecule has 0 unspecified atom stereocenters. The summed E-state index contributed by atoms with van der Waals surface area (Å²) in [6, 6.07) is 26.7. The van der Waals surface area contributed by atoms with Crippen LogP contribution in [0.4, 0.5) is 0 Å². The lowest BCUT2D eigenvalue weighted by Crippen LogP contribution is -2.70. The van der Waals surface area contributed by atoms with Gasteiger partial charge in [0, 0.05) is 10.8 Å². The predicted molar refractivity (Wildman–Crippen MR) is 194 cm³/mol. The molecular weight excluding hydrogens is 752 g/mol. The first-order chi connectivity index (χ1) is 24.8. The number of halogens is 1. The minimum Gasteiger partial charge on any atom is -0.497 e. The Bertz CT molecular complexity index is 2160. The van der Waals surface area contributed by atoms with Crippen LogP contribution in [0.25, 0.3) is 0 Å². The Labute approximate surface area is 310 Å². The molecular formula is C36H33ClN2O10S3. The van der Waals surface area contributed by atoms with Crippen LogP contribution in [0.3, 0.4) is 0 Å². The lowest BCUT2D eigenvalue weighted by molar-refractivity contribution is -0.153. The number of allylic oxidation sites excluding steroid dienone is 1. The summed E-state index contributed by atoms with van der Waals surface area (Å²) in [5, 5.41) is 1.08. The van der Waals surface area contributed by atoms with Gasteiger partial charge < -0.3 is 19.0 Å². The van der Waals surface area contributed by atoms with Crippen molar-refractivity contribution in [2.24, 2.45) is 0 Å². The average molecular weight is 785 g/mol. The minimum atomic E-state index is -4.64. The summed E-state index contributed by atoms with van der Waals surface area (Å²) in [5.74, 6) is -3.69. The molecule has 0 saturated carbocycles. The molecule has 4 aromatic rings. The highest BCUT2D eigenvalue weighted by Gasteiger charge is 2.55. The van der Waals surface area contributed by atoms with Crippen LogP contribution in [-0.4, -0.2) is 63.9 Å².